The van der Waals surface area contributed by atoms with E-state index >= 15 is 0 Å². The number of nitrogens with zero attached hydrogens (tertiary/aromatic N) is 2. The van der Waals surface area contributed by atoms with E-state index in [-0.39, 0.29) is 6.54 Å². The number of hydrogen-bond acceptors (Lipinski definition) is 5. The van der Waals surface area contributed by atoms with E-state index in [0.717, 1.165) is 5.69 Å². The minimum absolute atomic E-state index is 0.0438. The predicted molar refractivity (Wildman–Crippen MR) is 56.7 cm³/mol. The van der Waals surface area contributed by atoms with Gasteiger partial charge in [0.25, 0.3) is 0 Å². The van der Waals surface area contributed by atoms with Gasteiger partial charge in [-0.3, -0.25) is 9.97 Å². The zero-order chi connectivity index (χ0) is 12.2. The molecule has 1 heterocycles. The summed E-state index contributed by atoms with van der Waals surface area (Å²) in [6.45, 7) is 3.40. The Morgan fingerprint density at radius 2 is 2.19 bits per heavy atom. The highest BCUT2D eigenvalue weighted by Crippen LogP contribution is 2.01. The number of aliphatic carboxylic acids is 1. The second-order valence-electron chi connectivity index (χ2n) is 3.83. The lowest BCUT2D eigenvalue weighted by molar-refractivity contribution is -0.156. The van der Waals surface area contributed by atoms with Crippen molar-refractivity contribution < 1.29 is 15.0 Å². The SMILES string of the molecule is Cc1cnc(CNCC(C)(O)C(=O)O)cn1. The highest BCUT2D eigenvalue weighted by molar-refractivity contribution is 5.76. The van der Waals surface area contributed by atoms with Gasteiger partial charge in [0.15, 0.2) is 5.60 Å². The first-order chi connectivity index (χ1) is 7.42. The van der Waals surface area contributed by atoms with E-state index in [1.54, 1.807) is 12.4 Å². The molecule has 88 valence electrons. The second kappa shape index (κ2) is 5.00. The van der Waals surface area contributed by atoms with Crippen LogP contribution in [-0.2, 0) is 11.3 Å². The molecule has 1 unspecified atom stereocenters. The first-order valence-electron chi connectivity index (χ1n) is 4.86. The van der Waals surface area contributed by atoms with Crippen LogP contribution in [0.1, 0.15) is 18.3 Å². The lowest BCUT2D eigenvalue weighted by atomic mass is 10.1. The van der Waals surface area contributed by atoms with Crippen LogP contribution >= 0.6 is 0 Å². The number of aromatic nitrogens is 2. The monoisotopic (exact) mass is 225 g/mol. The number of rotatable bonds is 5. The first kappa shape index (κ1) is 12.5. The Hall–Kier alpha value is -1.53. The Labute approximate surface area is 93.4 Å². The first-order valence-corrected chi connectivity index (χ1v) is 4.86. The molecule has 0 aliphatic carbocycles. The van der Waals surface area contributed by atoms with Crippen molar-refractivity contribution in [2.75, 3.05) is 6.54 Å². The smallest absolute Gasteiger partial charge is 0.336 e. The van der Waals surface area contributed by atoms with Crippen LogP contribution in [0.4, 0.5) is 0 Å². The van der Waals surface area contributed by atoms with Crippen molar-refractivity contribution >= 4 is 5.97 Å². The van der Waals surface area contributed by atoms with Crippen LogP contribution in [0.2, 0.25) is 0 Å². The van der Waals surface area contributed by atoms with E-state index in [4.69, 9.17) is 5.11 Å². The average Bonchev–Trinajstić information content (AvgIpc) is 2.20. The molecule has 0 amide bonds. The number of aryl methyl sites for hydroxylation is 1. The molecule has 3 N–H and O–H groups in total. The third-order valence-electron chi connectivity index (χ3n) is 2.07. The summed E-state index contributed by atoms with van der Waals surface area (Å²) in [5, 5.41) is 20.9. The summed E-state index contributed by atoms with van der Waals surface area (Å²) in [4.78, 5) is 18.7. The molecule has 6 heteroatoms. The second-order valence-corrected chi connectivity index (χ2v) is 3.83. The van der Waals surface area contributed by atoms with Crippen molar-refractivity contribution in [3.05, 3.63) is 23.8 Å². The molecule has 1 aromatic heterocycles. The molecule has 0 radical (unpaired) electrons. The van der Waals surface area contributed by atoms with Gasteiger partial charge in [-0.2, -0.15) is 0 Å². The maximum atomic E-state index is 10.6. The van der Waals surface area contributed by atoms with Crippen LogP contribution in [0.5, 0.6) is 0 Å². The molecule has 0 saturated heterocycles. The molecular weight excluding hydrogens is 210 g/mol. The summed E-state index contributed by atoms with van der Waals surface area (Å²) >= 11 is 0. The van der Waals surface area contributed by atoms with Gasteiger partial charge >= 0.3 is 5.97 Å². The quantitative estimate of drug-likeness (QED) is 0.637. The zero-order valence-corrected chi connectivity index (χ0v) is 9.27. The van der Waals surface area contributed by atoms with Crippen molar-refractivity contribution in [1.82, 2.24) is 15.3 Å². The van der Waals surface area contributed by atoms with Crippen molar-refractivity contribution in [3.63, 3.8) is 0 Å². The minimum Gasteiger partial charge on any atom is -0.479 e. The Balaban J connectivity index is 2.41. The lowest BCUT2D eigenvalue weighted by Gasteiger charge is -2.17. The molecule has 0 aliphatic heterocycles. The third-order valence-corrected chi connectivity index (χ3v) is 2.07. The Morgan fingerprint density at radius 1 is 1.50 bits per heavy atom. The fraction of sp³-hybridized carbons (Fsp3) is 0.500. The summed E-state index contributed by atoms with van der Waals surface area (Å²) < 4.78 is 0. The van der Waals surface area contributed by atoms with Gasteiger partial charge in [-0.05, 0) is 13.8 Å². The number of nitrogens with one attached hydrogen (secondary N) is 1. The number of hydrogen-bond donors (Lipinski definition) is 3. The molecule has 0 saturated carbocycles. The zero-order valence-electron chi connectivity index (χ0n) is 9.27. The summed E-state index contributed by atoms with van der Waals surface area (Å²) in [6, 6.07) is 0. The molecule has 0 bridgehead atoms. The Kier molecular flexibility index (Phi) is 3.92. The average molecular weight is 225 g/mol. The van der Waals surface area contributed by atoms with E-state index in [9.17, 15) is 9.90 Å². The van der Waals surface area contributed by atoms with Crippen LogP contribution in [-0.4, -0.2) is 38.3 Å². The van der Waals surface area contributed by atoms with E-state index in [2.05, 4.69) is 15.3 Å². The van der Waals surface area contributed by atoms with Gasteiger partial charge in [0.1, 0.15) is 0 Å². The van der Waals surface area contributed by atoms with Crippen LogP contribution in [0.15, 0.2) is 12.4 Å². The highest BCUT2D eigenvalue weighted by Gasteiger charge is 2.28. The molecule has 0 aliphatic rings. The topological polar surface area (TPSA) is 95.3 Å². The Bertz CT molecular complexity index is 362. The lowest BCUT2D eigenvalue weighted by Crippen LogP contribution is -2.44. The van der Waals surface area contributed by atoms with E-state index < -0.39 is 11.6 Å². The number of carboxylic acids is 1. The molecule has 0 aromatic carbocycles. The van der Waals surface area contributed by atoms with Crippen molar-refractivity contribution in [2.24, 2.45) is 0 Å². The van der Waals surface area contributed by atoms with Crippen molar-refractivity contribution in [3.8, 4) is 0 Å². The highest BCUT2D eigenvalue weighted by atomic mass is 16.4. The molecule has 0 spiro atoms. The van der Waals surface area contributed by atoms with Gasteiger partial charge in [-0.1, -0.05) is 0 Å². The summed E-state index contributed by atoms with van der Waals surface area (Å²) in [6.07, 6.45) is 3.24. The van der Waals surface area contributed by atoms with Crippen LogP contribution in [0.3, 0.4) is 0 Å². The van der Waals surface area contributed by atoms with Gasteiger partial charge < -0.3 is 15.5 Å². The molecule has 6 nitrogen and oxygen atoms in total. The number of aliphatic hydroxyl groups is 1. The standard InChI is InChI=1S/C10H15N3O3/c1-7-3-13-8(5-12-7)4-11-6-10(2,16)9(14)15/h3,5,11,16H,4,6H2,1-2H3,(H,14,15). The van der Waals surface area contributed by atoms with Crippen LogP contribution in [0.25, 0.3) is 0 Å². The molecular formula is C10H15N3O3. The van der Waals surface area contributed by atoms with Gasteiger partial charge in [-0.25, -0.2) is 4.79 Å². The maximum absolute atomic E-state index is 10.6. The number of carboxylic acid groups (broad SMARTS) is 1. The molecule has 1 aromatic rings. The van der Waals surface area contributed by atoms with Crippen LogP contribution < -0.4 is 5.32 Å². The number of carbonyl (C=O) groups is 1. The van der Waals surface area contributed by atoms with Gasteiger partial charge in [0.05, 0.1) is 11.4 Å². The normalized spacial score (nSPS) is 14.4. The molecule has 1 atom stereocenters. The van der Waals surface area contributed by atoms with Crippen LogP contribution in [0, 0.1) is 6.92 Å². The largest absolute Gasteiger partial charge is 0.479 e. The third kappa shape index (κ3) is 3.56. The summed E-state index contributed by atoms with van der Waals surface area (Å²) in [5.74, 6) is -1.25. The van der Waals surface area contributed by atoms with Crippen molar-refractivity contribution in [2.45, 2.75) is 26.0 Å². The van der Waals surface area contributed by atoms with Gasteiger partial charge in [0.2, 0.25) is 0 Å². The Morgan fingerprint density at radius 3 is 2.69 bits per heavy atom. The van der Waals surface area contributed by atoms with E-state index in [1.807, 2.05) is 6.92 Å². The van der Waals surface area contributed by atoms with Crippen molar-refractivity contribution in [1.29, 1.82) is 0 Å². The maximum Gasteiger partial charge on any atom is 0.336 e. The molecule has 1 rings (SSSR count). The van der Waals surface area contributed by atoms with Gasteiger partial charge in [0, 0.05) is 25.5 Å². The van der Waals surface area contributed by atoms with E-state index in [1.165, 1.54) is 6.92 Å². The molecule has 16 heavy (non-hydrogen) atoms. The van der Waals surface area contributed by atoms with E-state index in [0.29, 0.717) is 12.2 Å². The summed E-state index contributed by atoms with van der Waals surface area (Å²) in [7, 11) is 0. The fourth-order valence-corrected chi connectivity index (χ4v) is 1.02. The van der Waals surface area contributed by atoms with Gasteiger partial charge in [-0.15, -0.1) is 0 Å². The predicted octanol–water partition coefficient (Wildman–Crippen LogP) is -0.290. The fourth-order valence-electron chi connectivity index (χ4n) is 1.02. The summed E-state index contributed by atoms with van der Waals surface area (Å²) in [5.41, 5.74) is -0.244. The minimum atomic E-state index is -1.77. The molecule has 0 fully saturated rings.